The van der Waals surface area contributed by atoms with Gasteiger partial charge < -0.3 is 5.73 Å². The highest BCUT2D eigenvalue weighted by Crippen LogP contribution is 2.40. The quantitative estimate of drug-likeness (QED) is 0.922. The summed E-state index contributed by atoms with van der Waals surface area (Å²) in [4.78, 5) is 4.46. The lowest BCUT2D eigenvalue weighted by Crippen LogP contribution is -2.23. The summed E-state index contributed by atoms with van der Waals surface area (Å²) in [5.74, 6) is 0.685. The molecule has 0 bridgehead atoms. The fourth-order valence-corrected chi connectivity index (χ4v) is 3.30. The zero-order valence-corrected chi connectivity index (χ0v) is 14.0. The molecule has 1 aromatic carbocycles. The Balaban J connectivity index is 1.82. The van der Waals surface area contributed by atoms with Gasteiger partial charge in [0.05, 0.1) is 11.1 Å². The molecule has 3 rings (SSSR count). The lowest BCUT2D eigenvalue weighted by Gasteiger charge is -2.34. The van der Waals surface area contributed by atoms with Gasteiger partial charge in [-0.2, -0.15) is 5.10 Å². The molecule has 5 heteroatoms. The van der Waals surface area contributed by atoms with Crippen LogP contribution in [0.5, 0.6) is 0 Å². The molecule has 0 amide bonds. The molecule has 0 atom stereocenters. The van der Waals surface area contributed by atoms with Crippen LogP contribution in [0.1, 0.15) is 51.1 Å². The standard InChI is InChI=1S/C17H23ClN4/c1-17(2)7-5-13(6-8-17)22-11-20-16(21-22)14-9-12(10-19)3-4-15(14)18/h3-4,9,11,13H,5-8,10,19H2,1-2H3. The smallest absolute Gasteiger partial charge is 0.182 e. The topological polar surface area (TPSA) is 56.7 Å². The van der Waals surface area contributed by atoms with E-state index >= 15 is 0 Å². The largest absolute Gasteiger partial charge is 0.326 e. The second kappa shape index (κ2) is 6.01. The minimum absolute atomic E-state index is 0.450. The van der Waals surface area contributed by atoms with E-state index in [0.717, 1.165) is 24.0 Å². The molecule has 0 unspecified atom stereocenters. The molecule has 1 aliphatic rings. The Morgan fingerprint density at radius 1 is 1.32 bits per heavy atom. The summed E-state index contributed by atoms with van der Waals surface area (Å²) in [5, 5.41) is 5.33. The van der Waals surface area contributed by atoms with E-state index in [2.05, 4.69) is 23.9 Å². The van der Waals surface area contributed by atoms with Crippen LogP contribution in [-0.4, -0.2) is 14.8 Å². The van der Waals surface area contributed by atoms with Crippen molar-refractivity contribution in [3.8, 4) is 11.4 Å². The average molecular weight is 319 g/mol. The highest BCUT2D eigenvalue weighted by Gasteiger charge is 2.28. The number of rotatable bonds is 3. The van der Waals surface area contributed by atoms with Crippen LogP contribution in [0.4, 0.5) is 0 Å². The SMILES string of the molecule is CC1(C)CCC(n2cnc(-c3cc(CN)ccc3Cl)n2)CC1. The van der Waals surface area contributed by atoms with Crippen LogP contribution in [0.15, 0.2) is 24.5 Å². The number of halogens is 1. The van der Waals surface area contributed by atoms with Gasteiger partial charge >= 0.3 is 0 Å². The number of hydrogen-bond donors (Lipinski definition) is 1. The molecule has 2 N–H and O–H groups in total. The second-order valence-corrected chi connectivity index (χ2v) is 7.37. The van der Waals surface area contributed by atoms with E-state index in [4.69, 9.17) is 17.3 Å². The van der Waals surface area contributed by atoms with E-state index in [1.54, 1.807) is 0 Å². The molecule has 0 aliphatic heterocycles. The third kappa shape index (κ3) is 3.18. The monoisotopic (exact) mass is 318 g/mol. The number of aromatic nitrogens is 3. The zero-order chi connectivity index (χ0) is 15.7. The summed E-state index contributed by atoms with van der Waals surface area (Å²) in [6, 6.07) is 6.23. The van der Waals surface area contributed by atoms with Crippen LogP contribution in [-0.2, 0) is 6.54 Å². The van der Waals surface area contributed by atoms with Gasteiger partial charge in [0, 0.05) is 12.1 Å². The predicted octanol–water partition coefficient (Wildman–Crippen LogP) is 4.20. The van der Waals surface area contributed by atoms with Crippen LogP contribution >= 0.6 is 11.6 Å². The molecule has 1 aliphatic carbocycles. The van der Waals surface area contributed by atoms with Crippen LogP contribution < -0.4 is 5.73 Å². The van der Waals surface area contributed by atoms with Gasteiger partial charge in [-0.1, -0.05) is 31.5 Å². The molecule has 1 fully saturated rings. The number of nitrogens with two attached hydrogens (primary N) is 1. The molecule has 0 spiro atoms. The lowest BCUT2D eigenvalue weighted by atomic mass is 9.76. The lowest BCUT2D eigenvalue weighted by molar-refractivity contribution is 0.186. The maximum absolute atomic E-state index is 6.29. The molecule has 1 aromatic heterocycles. The van der Waals surface area contributed by atoms with Gasteiger partial charge in [0.25, 0.3) is 0 Å². The Hall–Kier alpha value is -1.39. The summed E-state index contributed by atoms with van der Waals surface area (Å²) in [6.07, 6.45) is 6.62. The van der Waals surface area contributed by atoms with Crippen molar-refractivity contribution >= 4 is 11.6 Å². The average Bonchev–Trinajstić information content (AvgIpc) is 2.97. The van der Waals surface area contributed by atoms with Crippen LogP contribution in [0.25, 0.3) is 11.4 Å². The van der Waals surface area contributed by atoms with Crippen LogP contribution in [0.3, 0.4) is 0 Å². The Morgan fingerprint density at radius 3 is 2.73 bits per heavy atom. The second-order valence-electron chi connectivity index (χ2n) is 6.96. The minimum Gasteiger partial charge on any atom is -0.326 e. The van der Waals surface area contributed by atoms with Gasteiger partial charge in [0.2, 0.25) is 0 Å². The van der Waals surface area contributed by atoms with E-state index < -0.39 is 0 Å². The molecule has 118 valence electrons. The first-order chi connectivity index (χ1) is 10.5. The molecule has 22 heavy (non-hydrogen) atoms. The van der Waals surface area contributed by atoms with Gasteiger partial charge in [-0.15, -0.1) is 0 Å². The van der Waals surface area contributed by atoms with Gasteiger partial charge in [-0.25, -0.2) is 9.67 Å². The Bertz CT molecular complexity index is 652. The Morgan fingerprint density at radius 2 is 2.05 bits per heavy atom. The number of benzene rings is 1. The van der Waals surface area contributed by atoms with Gasteiger partial charge in [0.1, 0.15) is 6.33 Å². The normalized spacial score (nSPS) is 18.5. The molecule has 2 aromatic rings. The third-order valence-electron chi connectivity index (χ3n) is 4.70. The first kappa shape index (κ1) is 15.5. The number of nitrogens with zero attached hydrogens (tertiary/aromatic N) is 3. The molecule has 0 saturated heterocycles. The highest BCUT2D eigenvalue weighted by atomic mass is 35.5. The van der Waals surface area contributed by atoms with Crippen molar-refractivity contribution in [2.24, 2.45) is 11.1 Å². The third-order valence-corrected chi connectivity index (χ3v) is 5.03. The first-order valence-electron chi connectivity index (χ1n) is 7.88. The zero-order valence-electron chi connectivity index (χ0n) is 13.2. The fourth-order valence-electron chi connectivity index (χ4n) is 3.09. The summed E-state index contributed by atoms with van der Waals surface area (Å²) in [5.41, 5.74) is 8.06. The van der Waals surface area contributed by atoms with E-state index in [0.29, 0.717) is 28.8 Å². The highest BCUT2D eigenvalue weighted by molar-refractivity contribution is 6.33. The molecule has 1 heterocycles. The molecule has 0 radical (unpaired) electrons. The van der Waals surface area contributed by atoms with Crippen LogP contribution in [0.2, 0.25) is 5.02 Å². The van der Waals surface area contributed by atoms with Crippen molar-refractivity contribution in [3.05, 3.63) is 35.1 Å². The molecular weight excluding hydrogens is 296 g/mol. The Kier molecular flexibility index (Phi) is 4.24. The van der Waals surface area contributed by atoms with Gasteiger partial charge in [-0.3, -0.25) is 0 Å². The predicted molar refractivity (Wildman–Crippen MR) is 89.6 cm³/mol. The molecule has 4 nitrogen and oxygen atoms in total. The van der Waals surface area contributed by atoms with E-state index in [-0.39, 0.29) is 0 Å². The summed E-state index contributed by atoms with van der Waals surface area (Å²) >= 11 is 6.29. The first-order valence-corrected chi connectivity index (χ1v) is 8.26. The minimum atomic E-state index is 0.450. The van der Waals surface area contributed by atoms with Crippen molar-refractivity contribution in [3.63, 3.8) is 0 Å². The van der Waals surface area contributed by atoms with Crippen molar-refractivity contribution in [1.29, 1.82) is 0 Å². The summed E-state index contributed by atoms with van der Waals surface area (Å²) in [6.45, 7) is 5.17. The van der Waals surface area contributed by atoms with E-state index in [1.165, 1.54) is 12.8 Å². The van der Waals surface area contributed by atoms with Crippen molar-refractivity contribution in [2.45, 2.75) is 52.1 Å². The van der Waals surface area contributed by atoms with E-state index in [1.807, 2.05) is 29.2 Å². The summed E-state index contributed by atoms with van der Waals surface area (Å²) in [7, 11) is 0. The van der Waals surface area contributed by atoms with Gasteiger partial charge in [0.15, 0.2) is 5.82 Å². The van der Waals surface area contributed by atoms with Crippen LogP contribution in [0, 0.1) is 5.41 Å². The molecule has 1 saturated carbocycles. The maximum Gasteiger partial charge on any atom is 0.182 e. The summed E-state index contributed by atoms with van der Waals surface area (Å²) < 4.78 is 2.01. The van der Waals surface area contributed by atoms with Crippen molar-refractivity contribution < 1.29 is 0 Å². The van der Waals surface area contributed by atoms with Crippen molar-refractivity contribution in [1.82, 2.24) is 14.8 Å². The Labute approximate surface area is 136 Å². The van der Waals surface area contributed by atoms with Crippen molar-refractivity contribution in [2.75, 3.05) is 0 Å². The van der Waals surface area contributed by atoms with Gasteiger partial charge in [-0.05, 0) is 48.8 Å². The fraction of sp³-hybridized carbons (Fsp3) is 0.529. The number of hydrogen-bond acceptors (Lipinski definition) is 3. The molecular formula is C17H23ClN4. The van der Waals surface area contributed by atoms with E-state index in [9.17, 15) is 0 Å². The maximum atomic E-state index is 6.29.